The van der Waals surface area contributed by atoms with Crippen molar-refractivity contribution in [1.82, 2.24) is 15.0 Å². The minimum Gasteiger partial charge on any atom is -0.306 e. The van der Waals surface area contributed by atoms with Gasteiger partial charge in [0.1, 0.15) is 0 Å². The smallest absolute Gasteiger partial charge is 0.306 e. The zero-order valence-electron chi connectivity index (χ0n) is 15.3. The highest BCUT2D eigenvalue weighted by Crippen LogP contribution is 2.11. The van der Waals surface area contributed by atoms with Crippen molar-refractivity contribution < 1.29 is 9.63 Å². The van der Waals surface area contributed by atoms with E-state index in [-0.39, 0.29) is 17.7 Å². The summed E-state index contributed by atoms with van der Waals surface area (Å²) in [6, 6.07) is 22.5. The number of aromatic nitrogens is 2. The second kappa shape index (κ2) is 7.95. The largest absolute Gasteiger partial charge is 0.333 e. The van der Waals surface area contributed by atoms with Crippen LogP contribution in [0.1, 0.15) is 15.9 Å². The van der Waals surface area contributed by atoms with Crippen molar-refractivity contribution in [3.63, 3.8) is 0 Å². The average Bonchev–Trinajstić information content (AvgIpc) is 2.75. The first-order chi connectivity index (χ1) is 14.1. The summed E-state index contributed by atoms with van der Waals surface area (Å²) in [7, 11) is 0. The summed E-state index contributed by atoms with van der Waals surface area (Å²) in [5, 5.41) is 0.301. The van der Waals surface area contributed by atoms with Gasteiger partial charge in [-0.05, 0) is 35.9 Å². The second-order valence-electron chi connectivity index (χ2n) is 6.37. The molecule has 0 unspecified atom stereocenters. The molecule has 29 heavy (non-hydrogen) atoms. The Labute approximate surface area is 165 Å². The maximum atomic E-state index is 12.8. The van der Waals surface area contributed by atoms with Gasteiger partial charge in [-0.1, -0.05) is 48.5 Å². The van der Waals surface area contributed by atoms with Crippen LogP contribution in [0.15, 0.2) is 88.5 Å². The number of carbonyl (C=O) groups excluding carboxylic acids is 1. The van der Waals surface area contributed by atoms with Gasteiger partial charge in [-0.25, -0.2) is 14.8 Å². The Kier molecular flexibility index (Phi) is 5.05. The van der Waals surface area contributed by atoms with Gasteiger partial charge in [0.05, 0.1) is 23.2 Å². The summed E-state index contributed by atoms with van der Waals surface area (Å²) in [4.78, 5) is 45.4. The summed E-state index contributed by atoms with van der Waals surface area (Å²) in [5.41, 5.74) is 3.26. The fraction of sp³-hybridized carbons (Fsp3) is 0.0455. The van der Waals surface area contributed by atoms with Gasteiger partial charge >= 0.3 is 5.69 Å². The van der Waals surface area contributed by atoms with Crippen LogP contribution >= 0.6 is 0 Å². The zero-order chi connectivity index (χ0) is 20.2. The van der Waals surface area contributed by atoms with Gasteiger partial charge in [0.15, 0.2) is 0 Å². The molecule has 0 fully saturated rings. The molecule has 0 aliphatic carbocycles. The maximum Gasteiger partial charge on any atom is 0.333 e. The molecule has 0 radical (unpaired) electrons. The number of hydrogen-bond acceptors (Lipinski definition) is 4. The number of para-hydroxylation sites is 1. The van der Waals surface area contributed by atoms with Gasteiger partial charge in [-0.3, -0.25) is 14.4 Å². The summed E-state index contributed by atoms with van der Waals surface area (Å²) in [6.45, 7) is 0.221. The Bertz CT molecular complexity index is 1280. The number of aromatic amines is 1. The third-order valence-electron chi connectivity index (χ3n) is 4.42. The number of nitrogens with one attached hydrogen (secondary N) is 2. The predicted molar refractivity (Wildman–Crippen MR) is 109 cm³/mol. The molecule has 7 heteroatoms. The van der Waals surface area contributed by atoms with Crippen molar-refractivity contribution in [2.45, 2.75) is 6.61 Å². The van der Waals surface area contributed by atoms with E-state index in [4.69, 9.17) is 4.84 Å². The Morgan fingerprint density at radius 2 is 1.62 bits per heavy atom. The third kappa shape index (κ3) is 3.85. The van der Waals surface area contributed by atoms with Crippen molar-refractivity contribution >= 4 is 16.8 Å². The Morgan fingerprint density at radius 1 is 0.931 bits per heavy atom. The molecule has 7 nitrogen and oxygen atoms in total. The highest BCUT2D eigenvalue weighted by Gasteiger charge is 2.12. The van der Waals surface area contributed by atoms with E-state index in [0.29, 0.717) is 11.1 Å². The number of hydroxylamine groups is 1. The van der Waals surface area contributed by atoms with Gasteiger partial charge in [-0.2, -0.15) is 0 Å². The predicted octanol–water partition coefficient (Wildman–Crippen LogP) is 2.54. The van der Waals surface area contributed by atoms with E-state index in [1.54, 1.807) is 30.3 Å². The lowest BCUT2D eigenvalue weighted by molar-refractivity contribution is 0.0233. The van der Waals surface area contributed by atoms with Gasteiger partial charge in [0.2, 0.25) is 0 Å². The molecule has 4 rings (SSSR count). The standard InChI is InChI=1S/C22H17N3O4/c26-20(24-29-14-15-7-3-1-4-8-15)16-11-12-18-19(13-16)23-22(28)25(21(18)27)17-9-5-2-6-10-17/h1-13H,14H2,(H,23,28)(H,24,26). The molecule has 1 heterocycles. The molecular weight excluding hydrogens is 370 g/mol. The molecule has 1 aromatic heterocycles. The molecule has 0 aliphatic heterocycles. The summed E-state index contributed by atoms with van der Waals surface area (Å²) < 4.78 is 1.06. The summed E-state index contributed by atoms with van der Waals surface area (Å²) in [5.74, 6) is -0.476. The molecule has 0 saturated carbocycles. The number of carbonyl (C=O) groups is 1. The highest BCUT2D eigenvalue weighted by atomic mass is 16.6. The Hall–Kier alpha value is -3.97. The Morgan fingerprint density at radius 3 is 2.34 bits per heavy atom. The number of fused-ring (bicyclic) bond motifs is 1. The molecule has 3 aromatic carbocycles. The van der Waals surface area contributed by atoms with Crippen LogP contribution in [0.4, 0.5) is 0 Å². The first-order valence-electron chi connectivity index (χ1n) is 8.94. The summed E-state index contributed by atoms with van der Waals surface area (Å²) in [6.07, 6.45) is 0. The molecule has 0 spiro atoms. The van der Waals surface area contributed by atoms with Crippen LogP contribution in [-0.2, 0) is 11.4 Å². The number of hydrogen-bond donors (Lipinski definition) is 2. The lowest BCUT2D eigenvalue weighted by atomic mass is 10.1. The lowest BCUT2D eigenvalue weighted by Crippen LogP contribution is -2.33. The first kappa shape index (κ1) is 18.4. The topological polar surface area (TPSA) is 93.2 Å². The van der Waals surface area contributed by atoms with E-state index in [0.717, 1.165) is 10.1 Å². The Balaban J connectivity index is 1.59. The van der Waals surface area contributed by atoms with E-state index < -0.39 is 17.2 Å². The number of rotatable bonds is 5. The number of benzene rings is 3. The molecule has 0 bridgehead atoms. The van der Waals surface area contributed by atoms with Crippen molar-refractivity contribution in [3.8, 4) is 5.69 Å². The van der Waals surface area contributed by atoms with Crippen molar-refractivity contribution in [1.29, 1.82) is 0 Å². The van der Waals surface area contributed by atoms with E-state index in [1.165, 1.54) is 18.2 Å². The van der Waals surface area contributed by atoms with Crippen molar-refractivity contribution in [2.75, 3.05) is 0 Å². The molecule has 144 valence electrons. The van der Waals surface area contributed by atoms with Crippen molar-refractivity contribution in [3.05, 3.63) is 111 Å². The minimum atomic E-state index is -0.577. The minimum absolute atomic E-state index is 0.221. The van der Waals surface area contributed by atoms with Gasteiger partial charge in [-0.15, -0.1) is 0 Å². The van der Waals surface area contributed by atoms with Crippen LogP contribution in [0, 0.1) is 0 Å². The molecule has 0 aliphatic rings. The summed E-state index contributed by atoms with van der Waals surface area (Å²) >= 11 is 0. The van der Waals surface area contributed by atoms with E-state index in [1.807, 2.05) is 30.3 Å². The fourth-order valence-corrected chi connectivity index (χ4v) is 2.99. The maximum absolute atomic E-state index is 12.8. The van der Waals surface area contributed by atoms with E-state index >= 15 is 0 Å². The van der Waals surface area contributed by atoms with Gasteiger partial charge in [0.25, 0.3) is 11.5 Å². The monoisotopic (exact) mass is 387 g/mol. The molecule has 4 aromatic rings. The number of H-pyrrole nitrogens is 1. The molecule has 1 amide bonds. The molecular formula is C22H17N3O4. The van der Waals surface area contributed by atoms with Crippen LogP contribution in [-0.4, -0.2) is 15.5 Å². The van der Waals surface area contributed by atoms with Crippen LogP contribution in [0.3, 0.4) is 0 Å². The molecule has 0 saturated heterocycles. The van der Waals surface area contributed by atoms with E-state index in [9.17, 15) is 14.4 Å². The fourth-order valence-electron chi connectivity index (χ4n) is 2.99. The average molecular weight is 387 g/mol. The van der Waals surface area contributed by atoms with Crippen LogP contribution < -0.4 is 16.7 Å². The molecule has 2 N–H and O–H groups in total. The number of nitrogens with zero attached hydrogens (tertiary/aromatic N) is 1. The van der Waals surface area contributed by atoms with E-state index in [2.05, 4.69) is 10.5 Å². The van der Waals surface area contributed by atoms with Crippen LogP contribution in [0.2, 0.25) is 0 Å². The zero-order valence-corrected chi connectivity index (χ0v) is 15.3. The second-order valence-corrected chi connectivity index (χ2v) is 6.37. The van der Waals surface area contributed by atoms with Gasteiger partial charge in [0, 0.05) is 5.56 Å². The van der Waals surface area contributed by atoms with Crippen molar-refractivity contribution in [2.24, 2.45) is 0 Å². The number of amides is 1. The highest BCUT2D eigenvalue weighted by molar-refractivity contribution is 5.97. The van der Waals surface area contributed by atoms with Crippen LogP contribution in [0.25, 0.3) is 16.6 Å². The normalized spacial score (nSPS) is 10.8. The lowest BCUT2D eigenvalue weighted by Gasteiger charge is -2.08. The first-order valence-corrected chi connectivity index (χ1v) is 8.94. The third-order valence-corrected chi connectivity index (χ3v) is 4.42. The molecule has 0 atom stereocenters. The SMILES string of the molecule is O=C(NOCc1ccccc1)c1ccc2c(=O)n(-c3ccccc3)c(=O)[nH]c2c1. The van der Waals surface area contributed by atoms with Gasteiger partial charge < -0.3 is 4.98 Å². The van der Waals surface area contributed by atoms with Crippen LogP contribution in [0.5, 0.6) is 0 Å². The quantitative estimate of drug-likeness (QED) is 0.515.